The SMILES string of the molecule is COC(=O)C1(Sc2ccccc2)N=C1c1ccccc1O. The van der Waals surface area contributed by atoms with Gasteiger partial charge in [0.2, 0.25) is 4.87 Å². The highest BCUT2D eigenvalue weighted by Gasteiger charge is 2.57. The van der Waals surface area contributed by atoms with Gasteiger partial charge in [0.15, 0.2) is 0 Å². The van der Waals surface area contributed by atoms with Crippen LogP contribution in [-0.2, 0) is 9.53 Å². The van der Waals surface area contributed by atoms with Crippen molar-refractivity contribution in [1.82, 2.24) is 0 Å². The molecular formula is C16H13NO3S. The maximum atomic E-state index is 12.2. The number of ether oxygens (including phenoxy) is 1. The number of hydrogen-bond acceptors (Lipinski definition) is 5. The lowest BCUT2D eigenvalue weighted by Gasteiger charge is -2.13. The summed E-state index contributed by atoms with van der Waals surface area (Å²) < 4.78 is 4.89. The Labute approximate surface area is 126 Å². The third-order valence-corrected chi connectivity index (χ3v) is 4.42. The number of benzene rings is 2. The van der Waals surface area contributed by atoms with Crippen LogP contribution in [0.2, 0.25) is 0 Å². The van der Waals surface area contributed by atoms with Gasteiger partial charge in [0.05, 0.1) is 12.8 Å². The number of aliphatic imine (C=N–C) groups is 1. The minimum absolute atomic E-state index is 0.107. The summed E-state index contributed by atoms with van der Waals surface area (Å²) in [5.41, 5.74) is 1.10. The molecule has 1 atom stereocenters. The Kier molecular flexibility index (Phi) is 3.43. The van der Waals surface area contributed by atoms with Crippen molar-refractivity contribution >= 4 is 23.4 Å². The number of esters is 1. The van der Waals surface area contributed by atoms with E-state index in [9.17, 15) is 9.90 Å². The molecule has 1 aliphatic rings. The summed E-state index contributed by atoms with van der Waals surface area (Å²) in [5, 5.41) is 9.93. The summed E-state index contributed by atoms with van der Waals surface area (Å²) >= 11 is 1.31. The highest BCUT2D eigenvalue weighted by molar-refractivity contribution is 8.02. The molecule has 0 spiro atoms. The van der Waals surface area contributed by atoms with Gasteiger partial charge in [0.1, 0.15) is 5.75 Å². The molecule has 0 aromatic heterocycles. The number of carbonyl (C=O) groups excluding carboxylic acids is 1. The van der Waals surface area contributed by atoms with Crippen LogP contribution in [0.3, 0.4) is 0 Å². The molecule has 21 heavy (non-hydrogen) atoms. The maximum Gasteiger partial charge on any atom is 0.351 e. The largest absolute Gasteiger partial charge is 0.507 e. The van der Waals surface area contributed by atoms with Crippen molar-refractivity contribution in [3.63, 3.8) is 0 Å². The molecule has 0 radical (unpaired) electrons. The summed E-state index contributed by atoms with van der Waals surface area (Å²) in [6.07, 6.45) is 0. The molecule has 1 N–H and O–H groups in total. The van der Waals surface area contributed by atoms with Crippen molar-refractivity contribution in [1.29, 1.82) is 0 Å². The molecule has 0 fully saturated rings. The van der Waals surface area contributed by atoms with Gasteiger partial charge in [-0.2, -0.15) is 0 Å². The Morgan fingerprint density at radius 1 is 1.14 bits per heavy atom. The van der Waals surface area contributed by atoms with Crippen molar-refractivity contribution in [2.75, 3.05) is 7.11 Å². The molecule has 3 rings (SSSR count). The smallest absolute Gasteiger partial charge is 0.351 e. The normalized spacial score (nSPS) is 19.8. The van der Waals surface area contributed by atoms with E-state index >= 15 is 0 Å². The van der Waals surface area contributed by atoms with Gasteiger partial charge in [-0.05, 0) is 24.3 Å². The second-order valence-electron chi connectivity index (χ2n) is 4.53. The van der Waals surface area contributed by atoms with Crippen LogP contribution in [-0.4, -0.2) is 28.8 Å². The van der Waals surface area contributed by atoms with Crippen molar-refractivity contribution in [2.45, 2.75) is 9.77 Å². The van der Waals surface area contributed by atoms with E-state index < -0.39 is 10.8 Å². The van der Waals surface area contributed by atoms with E-state index in [0.29, 0.717) is 11.3 Å². The summed E-state index contributed by atoms with van der Waals surface area (Å²) in [4.78, 5) is 16.3. The van der Waals surface area contributed by atoms with Gasteiger partial charge < -0.3 is 9.84 Å². The van der Waals surface area contributed by atoms with Crippen LogP contribution < -0.4 is 0 Å². The zero-order chi connectivity index (χ0) is 14.9. The Hall–Kier alpha value is -2.27. The molecule has 5 heteroatoms. The lowest BCUT2D eigenvalue weighted by atomic mass is 10.1. The molecule has 0 amide bonds. The second-order valence-corrected chi connectivity index (χ2v) is 5.79. The quantitative estimate of drug-likeness (QED) is 0.882. The van der Waals surface area contributed by atoms with Gasteiger partial charge in [0.25, 0.3) is 0 Å². The molecule has 0 aliphatic carbocycles. The van der Waals surface area contributed by atoms with E-state index in [2.05, 4.69) is 4.99 Å². The standard InChI is InChI=1S/C16H13NO3S/c1-20-15(19)16(21-11-7-3-2-4-8-11)14(17-16)12-9-5-6-10-13(12)18/h2-10,18H,1H3. The fourth-order valence-corrected chi connectivity index (χ4v) is 3.24. The fourth-order valence-electron chi connectivity index (χ4n) is 2.10. The number of hydrogen-bond donors (Lipinski definition) is 1. The van der Waals surface area contributed by atoms with Crippen LogP contribution in [0.15, 0.2) is 64.5 Å². The predicted molar refractivity (Wildman–Crippen MR) is 81.7 cm³/mol. The van der Waals surface area contributed by atoms with Gasteiger partial charge in [-0.15, -0.1) is 0 Å². The number of nitrogens with zero attached hydrogens (tertiary/aromatic N) is 1. The lowest BCUT2D eigenvalue weighted by Crippen LogP contribution is -2.28. The van der Waals surface area contributed by atoms with Crippen LogP contribution in [0.5, 0.6) is 5.75 Å². The first-order valence-electron chi connectivity index (χ1n) is 6.38. The number of methoxy groups -OCH3 is 1. The topological polar surface area (TPSA) is 58.9 Å². The first kappa shape index (κ1) is 13.7. The molecule has 1 unspecified atom stereocenters. The molecule has 4 nitrogen and oxygen atoms in total. The molecule has 0 saturated heterocycles. The Balaban J connectivity index is 1.93. The van der Waals surface area contributed by atoms with E-state index in [0.717, 1.165) is 4.90 Å². The molecular weight excluding hydrogens is 286 g/mol. The molecule has 1 aliphatic heterocycles. The van der Waals surface area contributed by atoms with Crippen LogP contribution >= 0.6 is 11.8 Å². The number of carbonyl (C=O) groups is 1. The molecule has 2 aromatic rings. The first-order chi connectivity index (χ1) is 10.2. The molecule has 1 heterocycles. The highest BCUT2D eigenvalue weighted by atomic mass is 32.2. The molecule has 0 bridgehead atoms. The zero-order valence-corrected chi connectivity index (χ0v) is 12.1. The van der Waals surface area contributed by atoms with Gasteiger partial charge in [0, 0.05) is 10.5 Å². The minimum Gasteiger partial charge on any atom is -0.507 e. The van der Waals surface area contributed by atoms with E-state index in [-0.39, 0.29) is 5.75 Å². The number of aromatic hydroxyl groups is 1. The zero-order valence-electron chi connectivity index (χ0n) is 11.3. The van der Waals surface area contributed by atoms with Crippen LogP contribution in [0.25, 0.3) is 0 Å². The van der Waals surface area contributed by atoms with Crippen molar-refractivity contribution in [3.05, 3.63) is 60.2 Å². The van der Waals surface area contributed by atoms with E-state index in [1.165, 1.54) is 18.9 Å². The van der Waals surface area contributed by atoms with Crippen molar-refractivity contribution < 1.29 is 14.6 Å². The fraction of sp³-hybridized carbons (Fsp3) is 0.125. The molecule has 0 saturated carbocycles. The molecule has 2 aromatic carbocycles. The van der Waals surface area contributed by atoms with Gasteiger partial charge >= 0.3 is 5.97 Å². The highest BCUT2D eigenvalue weighted by Crippen LogP contribution is 2.48. The van der Waals surface area contributed by atoms with E-state index in [4.69, 9.17) is 4.74 Å². The van der Waals surface area contributed by atoms with Crippen molar-refractivity contribution in [3.8, 4) is 5.75 Å². The third-order valence-electron chi connectivity index (χ3n) is 3.17. The van der Waals surface area contributed by atoms with E-state index in [1.807, 2.05) is 30.3 Å². The summed E-state index contributed by atoms with van der Waals surface area (Å²) in [6, 6.07) is 16.4. The van der Waals surface area contributed by atoms with Crippen LogP contribution in [0.1, 0.15) is 5.56 Å². The summed E-state index contributed by atoms with van der Waals surface area (Å²) in [7, 11) is 1.34. The summed E-state index contributed by atoms with van der Waals surface area (Å²) in [5.74, 6) is -0.328. The van der Waals surface area contributed by atoms with Crippen LogP contribution in [0.4, 0.5) is 0 Å². The number of thioether (sulfide) groups is 1. The Bertz CT molecular complexity index is 714. The second kappa shape index (κ2) is 5.26. The average Bonchev–Trinajstić information content (AvgIpc) is 3.23. The minimum atomic E-state index is -1.09. The Morgan fingerprint density at radius 2 is 1.81 bits per heavy atom. The summed E-state index contributed by atoms with van der Waals surface area (Å²) in [6.45, 7) is 0. The van der Waals surface area contributed by atoms with Gasteiger partial charge in [-0.3, -0.25) is 0 Å². The maximum absolute atomic E-state index is 12.2. The van der Waals surface area contributed by atoms with Gasteiger partial charge in [-0.1, -0.05) is 42.1 Å². The van der Waals surface area contributed by atoms with E-state index in [1.54, 1.807) is 24.3 Å². The first-order valence-corrected chi connectivity index (χ1v) is 7.20. The average molecular weight is 299 g/mol. The predicted octanol–water partition coefficient (Wildman–Crippen LogP) is 2.86. The van der Waals surface area contributed by atoms with Gasteiger partial charge in [-0.25, -0.2) is 9.79 Å². The number of rotatable bonds is 4. The molecule has 106 valence electrons. The third kappa shape index (κ3) is 2.40. The number of phenolic OH excluding ortho intramolecular Hbond substituents is 1. The monoisotopic (exact) mass is 299 g/mol. The lowest BCUT2D eigenvalue weighted by molar-refractivity contribution is -0.140. The Morgan fingerprint density at radius 3 is 2.48 bits per heavy atom. The number of para-hydroxylation sites is 1. The van der Waals surface area contributed by atoms with Crippen LogP contribution in [0, 0.1) is 0 Å². The number of phenols is 1. The van der Waals surface area contributed by atoms with Crippen molar-refractivity contribution in [2.24, 2.45) is 4.99 Å².